The summed E-state index contributed by atoms with van der Waals surface area (Å²) in [6.07, 6.45) is 1.76. The van der Waals surface area contributed by atoms with Gasteiger partial charge in [-0.3, -0.25) is 0 Å². The number of rotatable bonds is 6. The minimum atomic E-state index is -0.565. The number of hydrogen-bond acceptors (Lipinski definition) is 1. The maximum Gasteiger partial charge on any atom is 0.186 e. The third-order valence-electron chi connectivity index (χ3n) is 0.960. The van der Waals surface area contributed by atoms with Gasteiger partial charge in [-0.15, -0.1) is 18.2 Å². The normalized spacial score (nSPS) is 14.2. The molecule has 0 radical (unpaired) electrons. The summed E-state index contributed by atoms with van der Waals surface area (Å²) >= 11 is 11.2. The van der Waals surface area contributed by atoms with E-state index in [1.807, 2.05) is 5.70 Å². The Morgan fingerprint density at radius 1 is 1.70 bits per heavy atom. The second kappa shape index (κ2) is 7.60. The highest BCUT2D eigenvalue weighted by Crippen LogP contribution is 2.06. The van der Waals surface area contributed by atoms with E-state index in [0.29, 0.717) is 5.88 Å². The summed E-state index contributed by atoms with van der Waals surface area (Å²) in [5, 5.41) is 0. The van der Waals surface area contributed by atoms with E-state index in [1.165, 1.54) is 0 Å². The maximum atomic E-state index is 5.74. The lowest BCUT2D eigenvalue weighted by atomic mass is 10.4. The van der Waals surface area contributed by atoms with E-state index in [1.54, 1.807) is 0 Å². The van der Waals surface area contributed by atoms with Gasteiger partial charge in [0.05, 0.1) is 0 Å². The summed E-state index contributed by atoms with van der Waals surface area (Å²) in [5.74, 6) is 0.655. The zero-order valence-corrected chi connectivity index (χ0v) is 8.78. The lowest BCUT2D eigenvalue weighted by Crippen LogP contribution is -2.07. The van der Waals surface area contributed by atoms with E-state index < -0.39 is 9.76 Å². The molecule has 1 unspecified atom stereocenters. The summed E-state index contributed by atoms with van der Waals surface area (Å²) < 4.78 is 5.22. The zero-order valence-electron chi connectivity index (χ0n) is 5.85. The molecule has 0 rings (SSSR count). The molecule has 0 aliphatic rings. The van der Waals surface area contributed by atoms with Crippen LogP contribution >= 0.6 is 23.2 Å². The fraction of sp³-hybridized carbons (Fsp3) is 0.667. The summed E-state index contributed by atoms with van der Waals surface area (Å²) in [6.45, 7) is 3.56. The second-order valence-electron chi connectivity index (χ2n) is 1.86. The highest BCUT2D eigenvalue weighted by atomic mass is 35.5. The van der Waals surface area contributed by atoms with E-state index in [4.69, 9.17) is 27.6 Å². The topological polar surface area (TPSA) is 9.23 Å². The SMILES string of the molecule is C=C[SiH2]OC(Cl)CCCCl. The molecular weight excluding hydrogens is 187 g/mol. The standard InChI is InChI=1S/C6H12Cl2OSi/c1-2-10-9-6(8)4-3-5-7/h2,6H,1,3-5,10H2. The minimum Gasteiger partial charge on any atom is -0.403 e. The first-order chi connectivity index (χ1) is 4.81. The fourth-order valence-electron chi connectivity index (χ4n) is 0.493. The Labute approximate surface area is 74.3 Å². The summed E-state index contributed by atoms with van der Waals surface area (Å²) in [4.78, 5) is 0. The van der Waals surface area contributed by atoms with Crippen LogP contribution < -0.4 is 0 Å². The van der Waals surface area contributed by atoms with Gasteiger partial charge in [-0.05, 0) is 12.8 Å². The molecular formula is C6H12Cl2OSi. The van der Waals surface area contributed by atoms with Gasteiger partial charge >= 0.3 is 0 Å². The van der Waals surface area contributed by atoms with E-state index in [9.17, 15) is 0 Å². The Kier molecular flexibility index (Phi) is 7.98. The Hall–Kier alpha value is 0.497. The third-order valence-corrected chi connectivity index (χ3v) is 2.61. The van der Waals surface area contributed by atoms with Gasteiger partial charge in [0.15, 0.2) is 9.76 Å². The molecule has 0 aliphatic carbocycles. The summed E-state index contributed by atoms with van der Waals surface area (Å²) in [5.41, 5.74) is 1.67. The van der Waals surface area contributed by atoms with Gasteiger partial charge in [0.25, 0.3) is 0 Å². The lowest BCUT2D eigenvalue weighted by Gasteiger charge is -2.07. The number of hydrogen-bond donors (Lipinski definition) is 0. The molecule has 0 heterocycles. The van der Waals surface area contributed by atoms with Crippen molar-refractivity contribution < 1.29 is 4.43 Å². The van der Waals surface area contributed by atoms with E-state index >= 15 is 0 Å². The van der Waals surface area contributed by atoms with Gasteiger partial charge in [-0.2, -0.15) is 0 Å². The third kappa shape index (κ3) is 6.61. The molecule has 0 aliphatic heterocycles. The fourth-order valence-corrected chi connectivity index (χ4v) is 1.53. The van der Waals surface area contributed by atoms with E-state index in [-0.39, 0.29) is 5.56 Å². The van der Waals surface area contributed by atoms with Gasteiger partial charge in [-0.25, -0.2) is 0 Å². The Balaban J connectivity index is 3.07. The smallest absolute Gasteiger partial charge is 0.186 e. The largest absolute Gasteiger partial charge is 0.403 e. The zero-order chi connectivity index (χ0) is 7.82. The van der Waals surface area contributed by atoms with Gasteiger partial charge < -0.3 is 4.43 Å². The van der Waals surface area contributed by atoms with Crippen molar-refractivity contribution in [3.8, 4) is 0 Å². The molecule has 10 heavy (non-hydrogen) atoms. The van der Waals surface area contributed by atoms with Gasteiger partial charge in [0.1, 0.15) is 5.56 Å². The first-order valence-electron chi connectivity index (χ1n) is 3.23. The summed E-state index contributed by atoms with van der Waals surface area (Å²) in [7, 11) is -0.565. The van der Waals surface area contributed by atoms with Crippen molar-refractivity contribution in [1.29, 1.82) is 0 Å². The average molecular weight is 199 g/mol. The van der Waals surface area contributed by atoms with Crippen LogP contribution in [0.3, 0.4) is 0 Å². The van der Waals surface area contributed by atoms with Crippen LogP contribution in [0.2, 0.25) is 0 Å². The number of halogens is 2. The van der Waals surface area contributed by atoms with Gasteiger partial charge in [-0.1, -0.05) is 17.3 Å². The molecule has 0 amide bonds. The van der Waals surface area contributed by atoms with Crippen molar-refractivity contribution in [3.05, 3.63) is 12.3 Å². The van der Waals surface area contributed by atoms with Crippen LogP contribution in [0.4, 0.5) is 0 Å². The molecule has 4 heteroatoms. The molecule has 0 saturated carbocycles. The molecule has 0 aromatic rings. The average Bonchev–Trinajstić information content (AvgIpc) is 1.97. The molecule has 0 bridgehead atoms. The first kappa shape index (κ1) is 10.5. The second-order valence-corrected chi connectivity index (χ2v) is 3.97. The lowest BCUT2D eigenvalue weighted by molar-refractivity contribution is 0.288. The Morgan fingerprint density at radius 3 is 2.90 bits per heavy atom. The Bertz CT molecular complexity index is 89.8. The predicted molar refractivity (Wildman–Crippen MR) is 49.4 cm³/mol. The molecule has 1 atom stereocenters. The van der Waals surface area contributed by atoms with Crippen LogP contribution in [-0.4, -0.2) is 21.2 Å². The molecule has 0 fully saturated rings. The highest BCUT2D eigenvalue weighted by molar-refractivity contribution is 6.35. The van der Waals surface area contributed by atoms with Crippen LogP contribution in [0.25, 0.3) is 0 Å². The first-order valence-corrected chi connectivity index (χ1v) is 5.60. The summed E-state index contributed by atoms with van der Waals surface area (Å²) in [6, 6.07) is 0. The van der Waals surface area contributed by atoms with Crippen LogP contribution in [0.1, 0.15) is 12.8 Å². The van der Waals surface area contributed by atoms with Crippen molar-refractivity contribution in [3.63, 3.8) is 0 Å². The molecule has 0 spiro atoms. The van der Waals surface area contributed by atoms with Crippen molar-refractivity contribution in [2.75, 3.05) is 5.88 Å². The van der Waals surface area contributed by atoms with E-state index in [0.717, 1.165) is 12.8 Å². The van der Waals surface area contributed by atoms with Crippen LogP contribution in [0, 0.1) is 0 Å². The quantitative estimate of drug-likeness (QED) is 0.468. The van der Waals surface area contributed by atoms with E-state index in [2.05, 4.69) is 6.58 Å². The molecule has 0 aromatic carbocycles. The predicted octanol–water partition coefficient (Wildman–Crippen LogP) is 1.81. The molecule has 0 saturated heterocycles. The van der Waals surface area contributed by atoms with Gasteiger partial charge in [0, 0.05) is 5.88 Å². The molecule has 0 N–H and O–H groups in total. The van der Waals surface area contributed by atoms with Crippen molar-refractivity contribution in [1.82, 2.24) is 0 Å². The van der Waals surface area contributed by atoms with Crippen LogP contribution in [0.15, 0.2) is 12.3 Å². The van der Waals surface area contributed by atoms with Crippen molar-refractivity contribution in [2.45, 2.75) is 18.4 Å². The maximum absolute atomic E-state index is 5.74. The van der Waals surface area contributed by atoms with Crippen molar-refractivity contribution in [2.24, 2.45) is 0 Å². The van der Waals surface area contributed by atoms with Gasteiger partial charge in [0.2, 0.25) is 0 Å². The van der Waals surface area contributed by atoms with Crippen molar-refractivity contribution >= 4 is 33.0 Å². The molecule has 60 valence electrons. The molecule has 1 nitrogen and oxygen atoms in total. The van der Waals surface area contributed by atoms with Crippen LogP contribution in [-0.2, 0) is 4.43 Å². The minimum absolute atomic E-state index is 0.150. The highest BCUT2D eigenvalue weighted by Gasteiger charge is 2.00. The number of alkyl halides is 2. The molecule has 0 aromatic heterocycles. The monoisotopic (exact) mass is 198 g/mol. The Morgan fingerprint density at radius 2 is 2.40 bits per heavy atom. The van der Waals surface area contributed by atoms with Crippen LogP contribution in [0.5, 0.6) is 0 Å².